The summed E-state index contributed by atoms with van der Waals surface area (Å²) >= 11 is 0. The summed E-state index contributed by atoms with van der Waals surface area (Å²) in [7, 11) is 3.81. The number of carbonyl (C=O) groups excluding carboxylic acids is 1. The Labute approximate surface area is 123 Å². The number of nitrogens with zero attached hydrogens (tertiary/aromatic N) is 4. The minimum atomic E-state index is -0.108. The van der Waals surface area contributed by atoms with Gasteiger partial charge in [0, 0.05) is 25.9 Å². The highest BCUT2D eigenvalue weighted by Gasteiger charge is 2.13. The fraction of sp³-hybridized carbons (Fsp3) is 0.429. The van der Waals surface area contributed by atoms with Gasteiger partial charge in [-0.1, -0.05) is 5.16 Å². The Morgan fingerprint density at radius 3 is 2.76 bits per heavy atom. The Kier molecular flexibility index (Phi) is 4.52. The Balaban J connectivity index is 1.94. The maximum Gasteiger partial charge on any atom is 0.224 e. The van der Waals surface area contributed by atoms with Crippen molar-refractivity contribution in [3.8, 4) is 0 Å². The van der Waals surface area contributed by atoms with Gasteiger partial charge in [-0.15, -0.1) is 0 Å². The molecule has 2 aromatic heterocycles. The molecule has 0 aliphatic heterocycles. The van der Waals surface area contributed by atoms with Crippen LogP contribution in [0.4, 0.5) is 5.82 Å². The van der Waals surface area contributed by atoms with Gasteiger partial charge < -0.3 is 14.7 Å². The van der Waals surface area contributed by atoms with Crippen molar-refractivity contribution in [2.24, 2.45) is 0 Å². The Hall–Kier alpha value is -2.44. The summed E-state index contributed by atoms with van der Waals surface area (Å²) in [5.41, 5.74) is 1.57. The van der Waals surface area contributed by atoms with Gasteiger partial charge in [-0.05, 0) is 19.9 Å². The molecule has 0 atom stereocenters. The van der Waals surface area contributed by atoms with E-state index >= 15 is 0 Å². The molecule has 0 unspecified atom stereocenters. The zero-order chi connectivity index (χ0) is 15.4. The molecular formula is C14H19N5O2. The molecule has 2 rings (SSSR count). The fourth-order valence-electron chi connectivity index (χ4n) is 1.88. The molecule has 7 nitrogen and oxygen atoms in total. The maximum absolute atomic E-state index is 12.0. The summed E-state index contributed by atoms with van der Waals surface area (Å²) < 4.78 is 5.04. The van der Waals surface area contributed by atoms with Crippen molar-refractivity contribution in [2.75, 3.05) is 19.0 Å². The molecule has 0 saturated carbocycles. The molecule has 7 heteroatoms. The lowest BCUT2D eigenvalue weighted by Gasteiger charge is -2.11. The second-order valence-electron chi connectivity index (χ2n) is 4.98. The minimum Gasteiger partial charge on any atom is -0.363 e. The van der Waals surface area contributed by atoms with Crippen LogP contribution in [0.1, 0.15) is 22.8 Å². The Bertz CT molecular complexity index is 617. The van der Waals surface area contributed by atoms with E-state index in [0.29, 0.717) is 18.1 Å². The van der Waals surface area contributed by atoms with Crippen LogP contribution in [0.3, 0.4) is 0 Å². The molecule has 21 heavy (non-hydrogen) atoms. The third kappa shape index (κ3) is 3.77. The van der Waals surface area contributed by atoms with Gasteiger partial charge in [-0.25, -0.2) is 9.97 Å². The smallest absolute Gasteiger partial charge is 0.224 e. The van der Waals surface area contributed by atoms with Crippen LogP contribution >= 0.6 is 0 Å². The number of amides is 1. The first-order chi connectivity index (χ1) is 9.97. The number of anilines is 1. The first kappa shape index (κ1) is 15.0. The van der Waals surface area contributed by atoms with Gasteiger partial charge in [0.25, 0.3) is 0 Å². The molecule has 0 aliphatic carbocycles. The zero-order valence-electron chi connectivity index (χ0n) is 12.7. The summed E-state index contributed by atoms with van der Waals surface area (Å²) in [6.07, 6.45) is 1.92. The number of hydrogen-bond donors (Lipinski definition) is 1. The molecule has 112 valence electrons. The molecule has 0 radical (unpaired) electrons. The lowest BCUT2D eigenvalue weighted by molar-refractivity contribution is -0.120. The summed E-state index contributed by atoms with van der Waals surface area (Å²) in [4.78, 5) is 22.3. The highest BCUT2D eigenvalue weighted by molar-refractivity contribution is 5.78. The molecule has 0 saturated heterocycles. The maximum atomic E-state index is 12.0. The van der Waals surface area contributed by atoms with Crippen molar-refractivity contribution in [1.29, 1.82) is 0 Å². The van der Waals surface area contributed by atoms with Crippen LogP contribution in [0, 0.1) is 13.8 Å². The number of rotatable bonds is 5. The first-order valence-corrected chi connectivity index (χ1v) is 6.65. The SMILES string of the molecule is Cc1noc(C)c1CC(=O)NCc1nccc(N(C)C)n1. The second-order valence-corrected chi connectivity index (χ2v) is 4.98. The molecular weight excluding hydrogens is 270 g/mol. The molecule has 0 aromatic carbocycles. The van der Waals surface area contributed by atoms with E-state index < -0.39 is 0 Å². The summed E-state index contributed by atoms with van der Waals surface area (Å²) in [5, 5.41) is 6.64. The van der Waals surface area contributed by atoms with E-state index in [2.05, 4.69) is 20.4 Å². The quantitative estimate of drug-likeness (QED) is 0.884. The Morgan fingerprint density at radius 2 is 2.14 bits per heavy atom. The predicted molar refractivity (Wildman–Crippen MR) is 77.9 cm³/mol. The first-order valence-electron chi connectivity index (χ1n) is 6.65. The van der Waals surface area contributed by atoms with Crippen molar-refractivity contribution >= 4 is 11.7 Å². The fourth-order valence-corrected chi connectivity index (χ4v) is 1.88. The van der Waals surface area contributed by atoms with Gasteiger partial charge in [0.15, 0.2) is 0 Å². The van der Waals surface area contributed by atoms with Gasteiger partial charge in [0.1, 0.15) is 17.4 Å². The van der Waals surface area contributed by atoms with Crippen LogP contribution in [-0.2, 0) is 17.8 Å². The largest absolute Gasteiger partial charge is 0.363 e. The van der Waals surface area contributed by atoms with Gasteiger partial charge in [0.2, 0.25) is 5.91 Å². The third-order valence-corrected chi connectivity index (χ3v) is 3.11. The normalized spacial score (nSPS) is 10.5. The number of aryl methyl sites for hydroxylation is 2. The number of aromatic nitrogens is 3. The zero-order valence-corrected chi connectivity index (χ0v) is 12.7. The van der Waals surface area contributed by atoms with Crippen molar-refractivity contribution in [2.45, 2.75) is 26.8 Å². The number of nitrogens with one attached hydrogen (secondary N) is 1. The standard InChI is InChI=1S/C14H19N5O2/c1-9-11(10(2)21-18-9)7-14(20)16-8-12-15-6-5-13(17-12)19(3)4/h5-6H,7-8H2,1-4H3,(H,16,20). The molecule has 1 N–H and O–H groups in total. The van der Waals surface area contributed by atoms with Crippen LogP contribution in [0.2, 0.25) is 0 Å². The van der Waals surface area contributed by atoms with Crippen molar-refractivity contribution in [3.63, 3.8) is 0 Å². The van der Waals surface area contributed by atoms with E-state index in [1.54, 1.807) is 13.1 Å². The van der Waals surface area contributed by atoms with Crippen LogP contribution < -0.4 is 10.2 Å². The minimum absolute atomic E-state index is 0.108. The van der Waals surface area contributed by atoms with Crippen LogP contribution in [0.15, 0.2) is 16.8 Å². The molecule has 1 amide bonds. The molecule has 2 aromatic rings. The molecule has 2 heterocycles. The van der Waals surface area contributed by atoms with Crippen LogP contribution in [-0.4, -0.2) is 35.1 Å². The molecule has 0 bridgehead atoms. The topological polar surface area (TPSA) is 84.2 Å². The van der Waals surface area contributed by atoms with Gasteiger partial charge in [0.05, 0.1) is 18.7 Å². The number of carbonyl (C=O) groups is 1. The van der Waals surface area contributed by atoms with E-state index in [1.165, 1.54) is 0 Å². The summed E-state index contributed by atoms with van der Waals surface area (Å²) in [6, 6.07) is 1.81. The number of hydrogen-bond acceptors (Lipinski definition) is 6. The van der Waals surface area contributed by atoms with Gasteiger partial charge in [-0.3, -0.25) is 4.79 Å². The molecule has 0 fully saturated rings. The van der Waals surface area contributed by atoms with E-state index in [-0.39, 0.29) is 12.3 Å². The summed E-state index contributed by atoms with van der Waals surface area (Å²) in [5.74, 6) is 1.95. The lowest BCUT2D eigenvalue weighted by atomic mass is 10.1. The van der Waals surface area contributed by atoms with Crippen LogP contribution in [0.25, 0.3) is 0 Å². The van der Waals surface area contributed by atoms with E-state index in [1.807, 2.05) is 32.0 Å². The van der Waals surface area contributed by atoms with E-state index in [0.717, 1.165) is 17.1 Å². The highest BCUT2D eigenvalue weighted by atomic mass is 16.5. The van der Waals surface area contributed by atoms with Crippen molar-refractivity contribution in [3.05, 3.63) is 35.1 Å². The van der Waals surface area contributed by atoms with Gasteiger partial charge >= 0.3 is 0 Å². The summed E-state index contributed by atoms with van der Waals surface area (Å²) in [6.45, 7) is 3.92. The highest BCUT2D eigenvalue weighted by Crippen LogP contribution is 2.12. The van der Waals surface area contributed by atoms with Gasteiger partial charge in [-0.2, -0.15) is 0 Å². The van der Waals surface area contributed by atoms with E-state index in [4.69, 9.17) is 4.52 Å². The predicted octanol–water partition coefficient (Wildman–Crippen LogP) is 1.01. The molecule has 0 aliphatic rings. The van der Waals surface area contributed by atoms with Crippen LogP contribution in [0.5, 0.6) is 0 Å². The molecule has 0 spiro atoms. The second kappa shape index (κ2) is 6.34. The average molecular weight is 289 g/mol. The van der Waals surface area contributed by atoms with E-state index in [9.17, 15) is 4.79 Å². The Morgan fingerprint density at radius 1 is 1.38 bits per heavy atom. The lowest BCUT2D eigenvalue weighted by Crippen LogP contribution is -2.26. The monoisotopic (exact) mass is 289 g/mol. The van der Waals surface area contributed by atoms with Crippen molar-refractivity contribution in [1.82, 2.24) is 20.4 Å². The average Bonchev–Trinajstić information content (AvgIpc) is 2.77. The van der Waals surface area contributed by atoms with Crippen molar-refractivity contribution < 1.29 is 9.32 Å². The third-order valence-electron chi connectivity index (χ3n) is 3.11.